The summed E-state index contributed by atoms with van der Waals surface area (Å²) in [7, 11) is 1.68. The van der Waals surface area contributed by atoms with E-state index >= 15 is 0 Å². The first kappa shape index (κ1) is 11.0. The molecular formula is C17H16O2. The second-order valence-electron chi connectivity index (χ2n) is 5.73. The van der Waals surface area contributed by atoms with Gasteiger partial charge in [-0.15, -0.1) is 0 Å². The SMILES string of the molecule is COc1ccc2c(c1)[C@H]1C3C=CC(C3)[C@H]1C=CC2=O. The number of benzene rings is 1. The van der Waals surface area contributed by atoms with Gasteiger partial charge < -0.3 is 4.74 Å². The molecule has 2 nitrogen and oxygen atoms in total. The maximum Gasteiger partial charge on any atom is 0.185 e. The molecule has 1 fully saturated rings. The van der Waals surface area contributed by atoms with Crippen LogP contribution in [0.15, 0.2) is 42.5 Å². The van der Waals surface area contributed by atoms with Crippen LogP contribution >= 0.6 is 0 Å². The summed E-state index contributed by atoms with van der Waals surface area (Å²) >= 11 is 0. The smallest absolute Gasteiger partial charge is 0.185 e. The van der Waals surface area contributed by atoms with Crippen LogP contribution < -0.4 is 4.74 Å². The van der Waals surface area contributed by atoms with Crippen LogP contribution in [0.3, 0.4) is 0 Å². The average Bonchev–Trinajstić information content (AvgIpc) is 3.01. The fourth-order valence-corrected chi connectivity index (χ4v) is 4.02. The molecule has 2 heteroatoms. The van der Waals surface area contributed by atoms with E-state index in [1.54, 1.807) is 13.2 Å². The first-order valence-corrected chi connectivity index (χ1v) is 6.87. The van der Waals surface area contributed by atoms with Gasteiger partial charge in [0.25, 0.3) is 0 Å². The van der Waals surface area contributed by atoms with Crippen molar-refractivity contribution in [3.05, 3.63) is 53.6 Å². The summed E-state index contributed by atoms with van der Waals surface area (Å²) < 4.78 is 5.34. The molecule has 0 aliphatic heterocycles. The predicted octanol–water partition coefficient (Wildman–Crippen LogP) is 3.35. The Morgan fingerprint density at radius 2 is 2.00 bits per heavy atom. The number of allylic oxidation sites excluding steroid dienone is 4. The van der Waals surface area contributed by atoms with Gasteiger partial charge in [0.2, 0.25) is 0 Å². The van der Waals surface area contributed by atoms with E-state index in [9.17, 15) is 4.79 Å². The van der Waals surface area contributed by atoms with Crippen molar-refractivity contribution in [3.8, 4) is 5.75 Å². The summed E-state index contributed by atoms with van der Waals surface area (Å²) in [4.78, 5) is 12.2. The molecule has 0 amide bonds. The minimum atomic E-state index is 0.131. The zero-order valence-electron chi connectivity index (χ0n) is 10.9. The van der Waals surface area contributed by atoms with Gasteiger partial charge in [0.05, 0.1) is 7.11 Å². The number of hydrogen-bond acceptors (Lipinski definition) is 2. The molecule has 0 aromatic heterocycles. The van der Waals surface area contributed by atoms with Crippen molar-refractivity contribution in [1.82, 2.24) is 0 Å². The molecule has 3 aliphatic rings. The van der Waals surface area contributed by atoms with Crippen molar-refractivity contribution in [2.75, 3.05) is 7.11 Å². The van der Waals surface area contributed by atoms with Gasteiger partial charge in [-0.2, -0.15) is 0 Å². The Morgan fingerprint density at radius 1 is 1.16 bits per heavy atom. The van der Waals surface area contributed by atoms with E-state index in [1.165, 1.54) is 12.0 Å². The summed E-state index contributed by atoms with van der Waals surface area (Å²) in [6.45, 7) is 0. The molecule has 96 valence electrons. The Hall–Kier alpha value is -1.83. The molecule has 1 aromatic rings. The van der Waals surface area contributed by atoms with Crippen LogP contribution in [0.1, 0.15) is 28.3 Å². The minimum Gasteiger partial charge on any atom is -0.497 e. The van der Waals surface area contributed by atoms with Crippen molar-refractivity contribution in [2.45, 2.75) is 12.3 Å². The third-order valence-corrected chi connectivity index (χ3v) is 4.87. The number of ether oxygens (including phenoxy) is 1. The van der Waals surface area contributed by atoms with Gasteiger partial charge in [-0.05, 0) is 59.9 Å². The number of methoxy groups -OCH3 is 1. The van der Waals surface area contributed by atoms with Crippen LogP contribution in [0.4, 0.5) is 0 Å². The van der Waals surface area contributed by atoms with Gasteiger partial charge in [0.15, 0.2) is 5.78 Å². The lowest BCUT2D eigenvalue weighted by atomic mass is 9.78. The van der Waals surface area contributed by atoms with E-state index in [4.69, 9.17) is 4.74 Å². The van der Waals surface area contributed by atoms with Crippen molar-refractivity contribution < 1.29 is 9.53 Å². The maximum atomic E-state index is 12.2. The van der Waals surface area contributed by atoms with Crippen LogP contribution in [0.2, 0.25) is 0 Å². The third kappa shape index (κ3) is 1.46. The lowest BCUT2D eigenvalue weighted by molar-refractivity contribution is 0.104. The molecule has 0 N–H and O–H groups in total. The quantitative estimate of drug-likeness (QED) is 0.716. The number of carbonyl (C=O) groups is 1. The largest absolute Gasteiger partial charge is 0.497 e. The minimum absolute atomic E-state index is 0.131. The summed E-state index contributed by atoms with van der Waals surface area (Å²) in [5, 5.41) is 0. The molecule has 1 saturated carbocycles. The summed E-state index contributed by atoms with van der Waals surface area (Å²) in [5.41, 5.74) is 2.03. The van der Waals surface area contributed by atoms with E-state index in [-0.39, 0.29) is 5.78 Å². The molecule has 4 atom stereocenters. The molecule has 2 unspecified atom stereocenters. The summed E-state index contributed by atoms with van der Waals surface area (Å²) in [6, 6.07) is 5.86. The Labute approximate surface area is 112 Å². The second-order valence-corrected chi connectivity index (χ2v) is 5.73. The van der Waals surface area contributed by atoms with E-state index in [1.807, 2.05) is 12.1 Å². The monoisotopic (exact) mass is 252 g/mol. The first-order valence-electron chi connectivity index (χ1n) is 6.87. The lowest BCUT2D eigenvalue weighted by Gasteiger charge is -2.26. The number of carbonyl (C=O) groups excluding carboxylic acids is 1. The van der Waals surface area contributed by atoms with Crippen LogP contribution in [0, 0.1) is 17.8 Å². The van der Waals surface area contributed by atoms with Gasteiger partial charge in [-0.25, -0.2) is 0 Å². The van der Waals surface area contributed by atoms with E-state index < -0.39 is 0 Å². The van der Waals surface area contributed by atoms with Gasteiger partial charge in [-0.3, -0.25) is 4.79 Å². The summed E-state index contributed by atoms with van der Waals surface area (Å²) in [6.07, 6.45) is 9.78. The Kier molecular flexibility index (Phi) is 2.22. The number of hydrogen-bond donors (Lipinski definition) is 0. The van der Waals surface area contributed by atoms with Crippen LogP contribution in [-0.4, -0.2) is 12.9 Å². The second kappa shape index (κ2) is 3.83. The van der Waals surface area contributed by atoms with E-state index in [2.05, 4.69) is 24.3 Å². The molecule has 0 radical (unpaired) electrons. The van der Waals surface area contributed by atoms with Crippen LogP contribution in [0.5, 0.6) is 5.75 Å². The number of fused-ring (bicyclic) bond motifs is 7. The van der Waals surface area contributed by atoms with Crippen molar-refractivity contribution in [1.29, 1.82) is 0 Å². The molecule has 4 rings (SSSR count). The van der Waals surface area contributed by atoms with Gasteiger partial charge in [-0.1, -0.05) is 18.2 Å². The van der Waals surface area contributed by atoms with Crippen molar-refractivity contribution in [2.24, 2.45) is 17.8 Å². The highest BCUT2D eigenvalue weighted by molar-refractivity contribution is 6.06. The zero-order valence-corrected chi connectivity index (χ0v) is 10.9. The highest BCUT2D eigenvalue weighted by Gasteiger charge is 2.45. The topological polar surface area (TPSA) is 26.3 Å². The van der Waals surface area contributed by atoms with Gasteiger partial charge in [0.1, 0.15) is 5.75 Å². The number of rotatable bonds is 1. The predicted molar refractivity (Wildman–Crippen MR) is 73.4 cm³/mol. The Morgan fingerprint density at radius 3 is 2.84 bits per heavy atom. The highest BCUT2D eigenvalue weighted by atomic mass is 16.5. The Balaban J connectivity index is 1.91. The lowest BCUT2D eigenvalue weighted by Crippen LogP contribution is -2.16. The number of ketones is 1. The summed E-state index contributed by atoms with van der Waals surface area (Å²) in [5.74, 6) is 3.09. The molecule has 19 heavy (non-hydrogen) atoms. The molecule has 0 saturated heterocycles. The van der Waals surface area contributed by atoms with Crippen LogP contribution in [0.25, 0.3) is 0 Å². The third-order valence-electron chi connectivity index (χ3n) is 4.87. The highest BCUT2D eigenvalue weighted by Crippen LogP contribution is 2.55. The normalized spacial score (nSPS) is 34.1. The molecular weight excluding hydrogens is 236 g/mol. The molecule has 0 heterocycles. The van der Waals surface area contributed by atoms with Gasteiger partial charge in [0, 0.05) is 5.56 Å². The zero-order chi connectivity index (χ0) is 13.0. The molecule has 2 bridgehead atoms. The fraction of sp³-hybridized carbons (Fsp3) is 0.353. The van der Waals surface area contributed by atoms with Crippen molar-refractivity contribution in [3.63, 3.8) is 0 Å². The standard InChI is InChI=1S/C17H16O2/c1-19-12-4-5-14-15(9-12)17-11-3-2-10(8-11)13(17)6-7-16(14)18/h2-7,9-11,13,17H,8H2,1H3/t10?,11?,13-,17+/m1/s1. The maximum absolute atomic E-state index is 12.2. The molecule has 1 aromatic carbocycles. The van der Waals surface area contributed by atoms with Crippen LogP contribution in [-0.2, 0) is 0 Å². The molecule has 0 spiro atoms. The van der Waals surface area contributed by atoms with Gasteiger partial charge >= 0.3 is 0 Å². The first-order chi connectivity index (χ1) is 9.28. The van der Waals surface area contributed by atoms with Crippen molar-refractivity contribution >= 4 is 5.78 Å². The van der Waals surface area contributed by atoms with E-state index in [0.717, 1.165) is 11.3 Å². The fourth-order valence-electron chi connectivity index (χ4n) is 4.02. The van der Waals surface area contributed by atoms with E-state index in [0.29, 0.717) is 23.7 Å². The Bertz CT molecular complexity index is 612. The molecule has 3 aliphatic carbocycles. The average molecular weight is 252 g/mol.